The van der Waals surface area contributed by atoms with Crippen LogP contribution < -0.4 is 10.1 Å². The maximum atomic E-state index is 12.2. The Labute approximate surface area is 142 Å². The molecule has 2 aromatic carbocycles. The first-order valence-corrected chi connectivity index (χ1v) is 8.06. The molecule has 4 heteroatoms. The zero-order chi connectivity index (χ0) is 17.5. The standard InChI is InChI=1S/C20H23NO3/c1-14-4-10-18(11-5-14)21-20(23)16(3)24-19-12-8-17(9-13-19)7-6-15(2)22/h4-5,8-13,16H,6-7H2,1-3H3,(H,21,23). The first-order chi connectivity index (χ1) is 11.4. The Bertz CT molecular complexity index is 690. The third-order valence-corrected chi connectivity index (χ3v) is 3.69. The van der Waals surface area contributed by atoms with Gasteiger partial charge in [0.15, 0.2) is 6.10 Å². The minimum atomic E-state index is -0.602. The van der Waals surface area contributed by atoms with E-state index in [1.54, 1.807) is 13.8 Å². The van der Waals surface area contributed by atoms with Crippen molar-refractivity contribution in [2.45, 2.75) is 39.7 Å². The van der Waals surface area contributed by atoms with Gasteiger partial charge in [0.25, 0.3) is 5.91 Å². The van der Waals surface area contributed by atoms with Crippen molar-refractivity contribution >= 4 is 17.4 Å². The first kappa shape index (κ1) is 17.7. The van der Waals surface area contributed by atoms with E-state index in [-0.39, 0.29) is 11.7 Å². The lowest BCUT2D eigenvalue weighted by Gasteiger charge is -2.15. The Balaban J connectivity index is 1.88. The smallest absolute Gasteiger partial charge is 0.265 e. The molecule has 0 aliphatic rings. The molecule has 0 spiro atoms. The van der Waals surface area contributed by atoms with Crippen molar-refractivity contribution in [3.05, 3.63) is 59.7 Å². The molecule has 24 heavy (non-hydrogen) atoms. The molecule has 2 rings (SSSR count). The maximum Gasteiger partial charge on any atom is 0.265 e. The topological polar surface area (TPSA) is 55.4 Å². The van der Waals surface area contributed by atoms with E-state index >= 15 is 0 Å². The van der Waals surface area contributed by atoms with Gasteiger partial charge < -0.3 is 14.8 Å². The Morgan fingerprint density at radius 2 is 1.67 bits per heavy atom. The zero-order valence-corrected chi connectivity index (χ0v) is 14.3. The quantitative estimate of drug-likeness (QED) is 0.839. The molecule has 0 radical (unpaired) electrons. The number of ketones is 1. The predicted octanol–water partition coefficient (Wildman–Crippen LogP) is 3.92. The Morgan fingerprint density at radius 1 is 1.04 bits per heavy atom. The summed E-state index contributed by atoms with van der Waals surface area (Å²) in [5.41, 5.74) is 2.97. The molecule has 1 unspecified atom stereocenters. The zero-order valence-electron chi connectivity index (χ0n) is 14.3. The Hall–Kier alpha value is -2.62. The highest BCUT2D eigenvalue weighted by atomic mass is 16.5. The lowest BCUT2D eigenvalue weighted by atomic mass is 10.1. The molecule has 0 saturated heterocycles. The Morgan fingerprint density at radius 3 is 2.25 bits per heavy atom. The van der Waals surface area contributed by atoms with Gasteiger partial charge in [-0.15, -0.1) is 0 Å². The van der Waals surface area contributed by atoms with Gasteiger partial charge in [0.05, 0.1) is 0 Å². The van der Waals surface area contributed by atoms with Gasteiger partial charge in [-0.25, -0.2) is 0 Å². The minimum absolute atomic E-state index is 0.178. The fraction of sp³-hybridized carbons (Fsp3) is 0.300. The van der Waals surface area contributed by atoms with E-state index < -0.39 is 6.10 Å². The van der Waals surface area contributed by atoms with Crippen LogP contribution in [0.3, 0.4) is 0 Å². The number of nitrogens with one attached hydrogen (secondary N) is 1. The van der Waals surface area contributed by atoms with Crippen molar-refractivity contribution in [2.75, 3.05) is 5.32 Å². The van der Waals surface area contributed by atoms with E-state index in [1.165, 1.54) is 0 Å². The second-order valence-corrected chi connectivity index (χ2v) is 5.96. The van der Waals surface area contributed by atoms with Gasteiger partial charge in [-0.1, -0.05) is 29.8 Å². The van der Waals surface area contributed by atoms with Gasteiger partial charge in [0.2, 0.25) is 0 Å². The molecule has 1 N–H and O–H groups in total. The van der Waals surface area contributed by atoms with E-state index in [2.05, 4.69) is 5.32 Å². The summed E-state index contributed by atoms with van der Waals surface area (Å²) in [6.45, 7) is 5.30. The summed E-state index contributed by atoms with van der Waals surface area (Å²) in [7, 11) is 0. The second-order valence-electron chi connectivity index (χ2n) is 5.96. The van der Waals surface area contributed by atoms with Crippen LogP contribution in [0.1, 0.15) is 31.4 Å². The van der Waals surface area contributed by atoms with Gasteiger partial charge in [-0.05, 0) is 57.0 Å². The van der Waals surface area contributed by atoms with Crippen LogP contribution in [-0.2, 0) is 16.0 Å². The number of rotatable bonds is 7. The first-order valence-electron chi connectivity index (χ1n) is 8.06. The highest BCUT2D eigenvalue weighted by Gasteiger charge is 2.14. The molecule has 4 nitrogen and oxygen atoms in total. The summed E-state index contributed by atoms with van der Waals surface area (Å²) >= 11 is 0. The number of anilines is 1. The summed E-state index contributed by atoms with van der Waals surface area (Å²) in [4.78, 5) is 23.2. The number of Topliss-reactive ketones (excluding diaryl/α,β-unsaturated/α-hetero) is 1. The van der Waals surface area contributed by atoms with Crippen LogP contribution in [0.4, 0.5) is 5.69 Å². The van der Waals surface area contributed by atoms with E-state index in [4.69, 9.17) is 4.74 Å². The highest BCUT2D eigenvalue weighted by Crippen LogP contribution is 2.16. The van der Waals surface area contributed by atoms with Crippen molar-refractivity contribution in [1.29, 1.82) is 0 Å². The average molecular weight is 325 g/mol. The summed E-state index contributed by atoms with van der Waals surface area (Å²) in [6.07, 6.45) is 0.656. The van der Waals surface area contributed by atoms with Gasteiger partial charge >= 0.3 is 0 Å². The fourth-order valence-electron chi connectivity index (χ4n) is 2.19. The van der Waals surface area contributed by atoms with Crippen LogP contribution in [0.25, 0.3) is 0 Å². The van der Waals surface area contributed by atoms with Crippen molar-refractivity contribution in [3.63, 3.8) is 0 Å². The number of carbonyl (C=O) groups is 2. The molecule has 0 aliphatic carbocycles. The van der Waals surface area contributed by atoms with Gasteiger partial charge in [0.1, 0.15) is 11.5 Å². The van der Waals surface area contributed by atoms with Crippen LogP contribution in [-0.4, -0.2) is 17.8 Å². The summed E-state index contributed by atoms with van der Waals surface area (Å²) in [6, 6.07) is 15.1. The fourth-order valence-corrected chi connectivity index (χ4v) is 2.19. The molecular formula is C20H23NO3. The number of hydrogen-bond acceptors (Lipinski definition) is 3. The predicted molar refractivity (Wildman–Crippen MR) is 95.3 cm³/mol. The van der Waals surface area contributed by atoms with Gasteiger partial charge in [-0.2, -0.15) is 0 Å². The van der Waals surface area contributed by atoms with Crippen molar-refractivity contribution in [2.24, 2.45) is 0 Å². The van der Waals surface area contributed by atoms with Crippen LogP contribution >= 0.6 is 0 Å². The summed E-state index contributed by atoms with van der Waals surface area (Å²) in [5, 5.41) is 2.83. The van der Waals surface area contributed by atoms with E-state index in [9.17, 15) is 9.59 Å². The van der Waals surface area contributed by atoms with Crippen LogP contribution in [0.5, 0.6) is 5.75 Å². The molecule has 0 saturated carbocycles. The maximum absolute atomic E-state index is 12.2. The van der Waals surface area contributed by atoms with Gasteiger partial charge in [-0.3, -0.25) is 4.79 Å². The molecule has 0 fully saturated rings. The molecule has 2 aromatic rings. The number of amides is 1. The average Bonchev–Trinajstić information content (AvgIpc) is 2.56. The number of aryl methyl sites for hydroxylation is 2. The molecular weight excluding hydrogens is 302 g/mol. The van der Waals surface area contributed by atoms with Crippen molar-refractivity contribution in [1.82, 2.24) is 0 Å². The van der Waals surface area contributed by atoms with E-state index in [1.807, 2.05) is 55.5 Å². The van der Waals surface area contributed by atoms with Gasteiger partial charge in [0, 0.05) is 12.1 Å². The largest absolute Gasteiger partial charge is 0.481 e. The van der Waals surface area contributed by atoms with Crippen LogP contribution in [0.15, 0.2) is 48.5 Å². The highest BCUT2D eigenvalue weighted by molar-refractivity contribution is 5.94. The normalized spacial score (nSPS) is 11.6. The molecule has 1 atom stereocenters. The van der Waals surface area contributed by atoms with Crippen molar-refractivity contribution in [3.8, 4) is 5.75 Å². The monoisotopic (exact) mass is 325 g/mol. The van der Waals surface area contributed by atoms with Crippen LogP contribution in [0, 0.1) is 6.92 Å². The molecule has 0 aliphatic heterocycles. The SMILES string of the molecule is CC(=O)CCc1ccc(OC(C)C(=O)Nc2ccc(C)cc2)cc1. The lowest BCUT2D eigenvalue weighted by molar-refractivity contribution is -0.122. The number of hydrogen-bond donors (Lipinski definition) is 1. The molecule has 126 valence electrons. The summed E-state index contributed by atoms with van der Waals surface area (Å²) < 4.78 is 5.67. The third-order valence-electron chi connectivity index (χ3n) is 3.69. The third kappa shape index (κ3) is 5.54. The number of carbonyl (C=O) groups excluding carboxylic acids is 2. The molecule has 0 heterocycles. The van der Waals surface area contributed by atoms with E-state index in [0.29, 0.717) is 12.2 Å². The molecule has 0 aromatic heterocycles. The van der Waals surface area contributed by atoms with Crippen LogP contribution in [0.2, 0.25) is 0 Å². The molecule has 1 amide bonds. The minimum Gasteiger partial charge on any atom is -0.481 e. The number of ether oxygens (including phenoxy) is 1. The van der Waals surface area contributed by atoms with Crippen molar-refractivity contribution < 1.29 is 14.3 Å². The number of benzene rings is 2. The van der Waals surface area contributed by atoms with E-state index in [0.717, 1.165) is 23.2 Å². The Kier molecular flexibility index (Phi) is 6.13. The second kappa shape index (κ2) is 8.29. The summed E-state index contributed by atoms with van der Waals surface area (Å²) in [5.74, 6) is 0.615. The lowest BCUT2D eigenvalue weighted by Crippen LogP contribution is -2.30. The molecule has 0 bridgehead atoms.